The summed E-state index contributed by atoms with van der Waals surface area (Å²) in [6.45, 7) is 5.38. The van der Waals surface area contributed by atoms with E-state index in [1.807, 2.05) is 0 Å². The zero-order valence-electron chi connectivity index (χ0n) is 9.82. The fourth-order valence-electron chi connectivity index (χ4n) is 1.35. The molecule has 0 aliphatic carbocycles. The van der Waals surface area contributed by atoms with Crippen molar-refractivity contribution in [1.82, 2.24) is 5.32 Å². The largest absolute Gasteiger partial charge is 0.312 e. The van der Waals surface area contributed by atoms with E-state index in [0.717, 1.165) is 13.1 Å². The summed E-state index contributed by atoms with van der Waals surface area (Å²) in [5.41, 5.74) is 0. The minimum Gasteiger partial charge on any atom is -0.312 e. The van der Waals surface area contributed by atoms with Gasteiger partial charge in [-0.2, -0.15) is 0 Å². The minimum atomic E-state index is -2.80. The van der Waals surface area contributed by atoms with Crippen molar-refractivity contribution < 1.29 is 8.42 Å². The van der Waals surface area contributed by atoms with Crippen molar-refractivity contribution >= 4 is 21.2 Å². The normalized spacial score (nSPS) is 11.9. The van der Waals surface area contributed by atoms with Crippen LogP contribution in [0.2, 0.25) is 0 Å². The summed E-state index contributed by atoms with van der Waals surface area (Å²) >= 11 is 1.78. The van der Waals surface area contributed by atoms with Gasteiger partial charge >= 0.3 is 0 Å². The highest BCUT2D eigenvalue weighted by Gasteiger charge is 2.05. The SMILES string of the molecule is CCS(=O)(=O)CCCNCc1ccc(C)s1. The molecule has 1 rings (SSSR count). The Morgan fingerprint density at radius 3 is 2.69 bits per heavy atom. The van der Waals surface area contributed by atoms with Crippen LogP contribution in [-0.4, -0.2) is 26.5 Å². The summed E-state index contributed by atoms with van der Waals surface area (Å²) in [6, 6.07) is 4.21. The highest BCUT2D eigenvalue weighted by atomic mass is 32.2. The molecule has 0 saturated carbocycles. The van der Waals surface area contributed by atoms with Crippen molar-refractivity contribution in [1.29, 1.82) is 0 Å². The number of hydrogen-bond acceptors (Lipinski definition) is 4. The molecule has 0 aliphatic rings. The second kappa shape index (κ2) is 6.37. The molecule has 0 radical (unpaired) electrons. The number of rotatable bonds is 7. The monoisotopic (exact) mass is 261 g/mol. The first-order valence-corrected chi connectivity index (χ1v) is 8.14. The predicted octanol–water partition coefficient (Wildman–Crippen LogP) is 1.97. The molecule has 92 valence electrons. The van der Waals surface area contributed by atoms with Gasteiger partial charge in [0.25, 0.3) is 0 Å². The summed E-state index contributed by atoms with van der Waals surface area (Å²) < 4.78 is 22.4. The average molecular weight is 261 g/mol. The van der Waals surface area contributed by atoms with Crippen LogP contribution in [0.4, 0.5) is 0 Å². The van der Waals surface area contributed by atoms with Crippen LogP contribution < -0.4 is 5.32 Å². The predicted molar refractivity (Wildman–Crippen MR) is 69.7 cm³/mol. The first kappa shape index (κ1) is 13.7. The van der Waals surface area contributed by atoms with Gasteiger partial charge in [-0.25, -0.2) is 8.42 Å². The van der Waals surface area contributed by atoms with E-state index in [2.05, 4.69) is 24.4 Å². The van der Waals surface area contributed by atoms with Gasteiger partial charge in [-0.3, -0.25) is 0 Å². The Morgan fingerprint density at radius 1 is 1.38 bits per heavy atom. The van der Waals surface area contributed by atoms with Crippen molar-refractivity contribution in [3.63, 3.8) is 0 Å². The lowest BCUT2D eigenvalue weighted by atomic mass is 10.4. The third kappa shape index (κ3) is 5.09. The number of nitrogens with one attached hydrogen (secondary N) is 1. The van der Waals surface area contributed by atoms with E-state index in [9.17, 15) is 8.42 Å². The highest BCUT2D eigenvalue weighted by Crippen LogP contribution is 2.14. The second-order valence-corrected chi connectivity index (χ2v) is 7.62. The van der Waals surface area contributed by atoms with Gasteiger partial charge < -0.3 is 5.32 Å². The van der Waals surface area contributed by atoms with E-state index < -0.39 is 9.84 Å². The zero-order chi connectivity index (χ0) is 12.0. The Hall–Kier alpha value is -0.390. The molecular weight excluding hydrogens is 242 g/mol. The lowest BCUT2D eigenvalue weighted by Crippen LogP contribution is -2.18. The molecule has 1 aromatic heterocycles. The molecule has 0 spiro atoms. The molecule has 0 amide bonds. The molecule has 0 bridgehead atoms. The molecule has 3 nitrogen and oxygen atoms in total. The van der Waals surface area contributed by atoms with Crippen LogP contribution in [0.15, 0.2) is 12.1 Å². The number of aryl methyl sites for hydroxylation is 1. The second-order valence-electron chi connectivity index (χ2n) is 3.78. The maximum Gasteiger partial charge on any atom is 0.150 e. The maximum atomic E-state index is 11.2. The molecule has 0 aliphatic heterocycles. The van der Waals surface area contributed by atoms with Crippen molar-refractivity contribution in [2.75, 3.05) is 18.1 Å². The fraction of sp³-hybridized carbons (Fsp3) is 0.636. The summed E-state index contributed by atoms with van der Waals surface area (Å²) in [6.07, 6.45) is 0.695. The smallest absolute Gasteiger partial charge is 0.150 e. The van der Waals surface area contributed by atoms with Gasteiger partial charge in [-0.05, 0) is 32.0 Å². The van der Waals surface area contributed by atoms with Crippen LogP contribution in [0.3, 0.4) is 0 Å². The van der Waals surface area contributed by atoms with Crippen LogP contribution in [0.25, 0.3) is 0 Å². The van der Waals surface area contributed by atoms with Crippen molar-refractivity contribution in [3.05, 3.63) is 21.9 Å². The first-order chi connectivity index (χ1) is 7.53. The van der Waals surface area contributed by atoms with Gasteiger partial charge in [0.1, 0.15) is 9.84 Å². The van der Waals surface area contributed by atoms with Gasteiger partial charge in [0.15, 0.2) is 0 Å². The zero-order valence-corrected chi connectivity index (χ0v) is 11.5. The Bertz CT molecular complexity index is 409. The van der Waals surface area contributed by atoms with E-state index >= 15 is 0 Å². The van der Waals surface area contributed by atoms with Crippen LogP contribution in [0.1, 0.15) is 23.1 Å². The van der Waals surface area contributed by atoms with Crippen molar-refractivity contribution in [3.8, 4) is 0 Å². The molecule has 0 fully saturated rings. The molecule has 5 heteroatoms. The molecule has 1 heterocycles. The Labute approximate surface area is 102 Å². The van der Waals surface area contributed by atoms with Gasteiger partial charge in [0.05, 0.1) is 5.75 Å². The quantitative estimate of drug-likeness (QED) is 0.763. The lowest BCUT2D eigenvalue weighted by molar-refractivity contribution is 0.590. The Balaban J connectivity index is 2.13. The number of thiophene rings is 1. The molecule has 1 aromatic rings. The molecule has 1 N–H and O–H groups in total. The molecular formula is C11H19NO2S2. The molecule has 0 aromatic carbocycles. The lowest BCUT2D eigenvalue weighted by Gasteiger charge is -2.03. The van der Waals surface area contributed by atoms with Gasteiger partial charge in [-0.15, -0.1) is 11.3 Å². The third-order valence-corrected chi connectivity index (χ3v) is 5.13. The van der Waals surface area contributed by atoms with Crippen LogP contribution >= 0.6 is 11.3 Å². The standard InChI is InChI=1S/C11H19NO2S2/c1-3-16(13,14)8-4-7-12-9-11-6-5-10(2)15-11/h5-6,12H,3-4,7-9H2,1-2H3. The van der Waals surface area contributed by atoms with E-state index in [0.29, 0.717) is 12.2 Å². The fourth-order valence-corrected chi connectivity index (χ4v) is 3.09. The Morgan fingerprint density at radius 2 is 2.12 bits per heavy atom. The molecule has 0 unspecified atom stereocenters. The summed E-state index contributed by atoms with van der Waals surface area (Å²) in [4.78, 5) is 2.61. The van der Waals surface area contributed by atoms with E-state index in [1.165, 1.54) is 9.75 Å². The maximum absolute atomic E-state index is 11.2. The van der Waals surface area contributed by atoms with Crippen LogP contribution in [0.5, 0.6) is 0 Å². The molecule has 16 heavy (non-hydrogen) atoms. The number of sulfone groups is 1. The minimum absolute atomic E-state index is 0.247. The van der Waals surface area contributed by atoms with E-state index in [1.54, 1.807) is 18.3 Å². The highest BCUT2D eigenvalue weighted by molar-refractivity contribution is 7.91. The van der Waals surface area contributed by atoms with Crippen molar-refractivity contribution in [2.45, 2.75) is 26.8 Å². The average Bonchev–Trinajstić information content (AvgIpc) is 2.64. The molecule has 0 saturated heterocycles. The van der Waals surface area contributed by atoms with E-state index in [-0.39, 0.29) is 5.75 Å². The summed E-state index contributed by atoms with van der Waals surface area (Å²) in [5.74, 6) is 0.539. The topological polar surface area (TPSA) is 46.2 Å². The van der Waals surface area contributed by atoms with Gasteiger partial charge in [0.2, 0.25) is 0 Å². The van der Waals surface area contributed by atoms with Gasteiger partial charge in [0, 0.05) is 22.1 Å². The summed E-state index contributed by atoms with van der Waals surface area (Å²) in [5, 5.41) is 3.26. The van der Waals surface area contributed by atoms with Crippen LogP contribution in [-0.2, 0) is 16.4 Å². The first-order valence-electron chi connectivity index (χ1n) is 5.50. The van der Waals surface area contributed by atoms with Gasteiger partial charge in [-0.1, -0.05) is 6.92 Å². The van der Waals surface area contributed by atoms with Crippen LogP contribution in [0, 0.1) is 6.92 Å². The van der Waals surface area contributed by atoms with E-state index in [4.69, 9.17) is 0 Å². The Kier molecular flexibility index (Phi) is 5.44. The number of hydrogen-bond donors (Lipinski definition) is 1. The summed E-state index contributed by atoms with van der Waals surface area (Å²) in [7, 11) is -2.80. The molecule has 0 atom stereocenters. The van der Waals surface area contributed by atoms with Crippen molar-refractivity contribution in [2.24, 2.45) is 0 Å². The third-order valence-electron chi connectivity index (χ3n) is 2.34.